The van der Waals surface area contributed by atoms with E-state index in [9.17, 15) is 0 Å². The van der Waals surface area contributed by atoms with Gasteiger partial charge in [0.25, 0.3) is 0 Å². The van der Waals surface area contributed by atoms with Crippen LogP contribution in [0.25, 0.3) is 0 Å². The summed E-state index contributed by atoms with van der Waals surface area (Å²) < 4.78 is 15.7. The molecule has 2 aromatic rings. The van der Waals surface area contributed by atoms with Crippen molar-refractivity contribution in [1.82, 2.24) is 15.5 Å². The number of nitrogens with one attached hydrogen (secondary N) is 1. The largest absolute Gasteiger partial charge is 0.493 e. The number of methoxy groups -OCH3 is 2. The molecule has 21 heavy (non-hydrogen) atoms. The van der Waals surface area contributed by atoms with Gasteiger partial charge in [0.05, 0.1) is 20.8 Å². The minimum atomic E-state index is 0.595. The van der Waals surface area contributed by atoms with Gasteiger partial charge < -0.3 is 19.3 Å². The topological polar surface area (TPSA) is 69.4 Å². The average Bonchev–Trinajstić information content (AvgIpc) is 2.95. The highest BCUT2D eigenvalue weighted by Gasteiger charge is 2.09. The van der Waals surface area contributed by atoms with E-state index in [-0.39, 0.29) is 0 Å². The highest BCUT2D eigenvalue weighted by atomic mass is 16.5. The fraction of sp³-hybridized carbons (Fsp3) is 0.467. The Morgan fingerprint density at radius 1 is 1.19 bits per heavy atom. The molecule has 0 fully saturated rings. The summed E-state index contributed by atoms with van der Waals surface area (Å²) in [5.41, 5.74) is 1.04. The standard InChI is InChI=1S/C15H21N3O3/c1-4-7-16-10-15-17-14(18-21-15)9-11-5-6-12(19-2)13(8-11)20-3/h5-6,8,16H,4,7,9-10H2,1-3H3. The normalized spacial score (nSPS) is 10.6. The molecule has 1 aromatic carbocycles. The number of rotatable bonds is 8. The zero-order chi connectivity index (χ0) is 15.1. The zero-order valence-corrected chi connectivity index (χ0v) is 12.7. The maximum atomic E-state index is 5.29. The molecule has 0 saturated carbocycles. The Morgan fingerprint density at radius 2 is 2.00 bits per heavy atom. The summed E-state index contributed by atoms with van der Waals surface area (Å²) in [6.45, 7) is 3.66. The predicted octanol–water partition coefficient (Wildman–Crippen LogP) is 2.18. The quantitative estimate of drug-likeness (QED) is 0.752. The molecule has 1 N–H and O–H groups in total. The van der Waals surface area contributed by atoms with Crippen molar-refractivity contribution < 1.29 is 14.0 Å². The smallest absolute Gasteiger partial charge is 0.240 e. The van der Waals surface area contributed by atoms with Crippen LogP contribution in [0.5, 0.6) is 11.5 Å². The predicted molar refractivity (Wildman–Crippen MR) is 78.6 cm³/mol. The van der Waals surface area contributed by atoms with Crippen molar-refractivity contribution in [3.8, 4) is 11.5 Å². The Kier molecular flexibility index (Phi) is 5.57. The lowest BCUT2D eigenvalue weighted by Gasteiger charge is -2.08. The number of aromatic nitrogens is 2. The third-order valence-corrected chi connectivity index (χ3v) is 3.02. The van der Waals surface area contributed by atoms with E-state index in [1.54, 1.807) is 14.2 Å². The first-order valence-electron chi connectivity index (χ1n) is 7.00. The third-order valence-electron chi connectivity index (χ3n) is 3.02. The summed E-state index contributed by atoms with van der Waals surface area (Å²) >= 11 is 0. The summed E-state index contributed by atoms with van der Waals surface area (Å²) in [7, 11) is 3.24. The summed E-state index contributed by atoms with van der Waals surface area (Å²) in [6, 6.07) is 5.76. The fourth-order valence-corrected chi connectivity index (χ4v) is 1.98. The minimum Gasteiger partial charge on any atom is -0.493 e. The van der Waals surface area contributed by atoms with Crippen LogP contribution in [-0.2, 0) is 13.0 Å². The van der Waals surface area contributed by atoms with E-state index in [1.165, 1.54) is 0 Å². The highest BCUT2D eigenvalue weighted by Crippen LogP contribution is 2.28. The molecule has 0 aliphatic rings. The maximum Gasteiger partial charge on any atom is 0.240 e. The summed E-state index contributed by atoms with van der Waals surface area (Å²) in [6.07, 6.45) is 1.67. The molecule has 6 nitrogen and oxygen atoms in total. The molecule has 2 rings (SSSR count). The monoisotopic (exact) mass is 291 g/mol. The minimum absolute atomic E-state index is 0.595. The van der Waals surface area contributed by atoms with Gasteiger partial charge in [-0.05, 0) is 30.7 Å². The molecule has 0 aliphatic carbocycles. The second kappa shape index (κ2) is 7.64. The summed E-state index contributed by atoms with van der Waals surface area (Å²) in [5.74, 6) is 2.68. The molecular formula is C15H21N3O3. The lowest BCUT2D eigenvalue weighted by atomic mass is 10.1. The molecule has 0 spiro atoms. The van der Waals surface area contributed by atoms with Crippen LogP contribution in [0, 0.1) is 0 Å². The van der Waals surface area contributed by atoms with Crippen LogP contribution in [0.4, 0.5) is 0 Å². The van der Waals surface area contributed by atoms with Crippen LogP contribution in [0.2, 0.25) is 0 Å². The molecule has 0 saturated heterocycles. The van der Waals surface area contributed by atoms with Crippen molar-refractivity contribution in [2.24, 2.45) is 0 Å². The first-order chi connectivity index (χ1) is 10.3. The molecule has 0 bridgehead atoms. The zero-order valence-electron chi connectivity index (χ0n) is 12.7. The van der Waals surface area contributed by atoms with E-state index >= 15 is 0 Å². The van der Waals surface area contributed by atoms with Gasteiger partial charge >= 0.3 is 0 Å². The van der Waals surface area contributed by atoms with Gasteiger partial charge in [-0.3, -0.25) is 0 Å². The van der Waals surface area contributed by atoms with Crippen molar-refractivity contribution in [2.45, 2.75) is 26.3 Å². The Balaban J connectivity index is 2.01. The van der Waals surface area contributed by atoms with Crippen LogP contribution >= 0.6 is 0 Å². The Bertz CT molecular complexity index is 569. The lowest BCUT2D eigenvalue weighted by Crippen LogP contribution is -2.13. The van der Waals surface area contributed by atoms with Crippen molar-refractivity contribution in [3.63, 3.8) is 0 Å². The van der Waals surface area contributed by atoms with Crippen molar-refractivity contribution in [1.29, 1.82) is 0 Å². The van der Waals surface area contributed by atoms with Gasteiger partial charge in [0.15, 0.2) is 17.3 Å². The first-order valence-corrected chi connectivity index (χ1v) is 7.00. The molecule has 1 heterocycles. The van der Waals surface area contributed by atoms with E-state index < -0.39 is 0 Å². The van der Waals surface area contributed by atoms with E-state index in [0.717, 1.165) is 18.5 Å². The highest BCUT2D eigenvalue weighted by molar-refractivity contribution is 5.43. The first kappa shape index (κ1) is 15.3. The molecule has 0 amide bonds. The van der Waals surface area contributed by atoms with Crippen molar-refractivity contribution >= 4 is 0 Å². The van der Waals surface area contributed by atoms with Crippen molar-refractivity contribution in [2.75, 3.05) is 20.8 Å². The number of hydrogen-bond donors (Lipinski definition) is 1. The van der Waals surface area contributed by atoms with Crippen LogP contribution < -0.4 is 14.8 Å². The molecule has 0 unspecified atom stereocenters. The van der Waals surface area contributed by atoms with Gasteiger partial charge in [-0.1, -0.05) is 18.1 Å². The van der Waals surface area contributed by atoms with Crippen LogP contribution in [-0.4, -0.2) is 30.9 Å². The van der Waals surface area contributed by atoms with Crippen LogP contribution in [0.1, 0.15) is 30.6 Å². The van der Waals surface area contributed by atoms with Gasteiger partial charge in [0, 0.05) is 6.42 Å². The Hall–Kier alpha value is -2.08. The molecule has 6 heteroatoms. The second-order valence-corrected chi connectivity index (χ2v) is 4.65. The second-order valence-electron chi connectivity index (χ2n) is 4.65. The number of hydrogen-bond acceptors (Lipinski definition) is 6. The van der Waals surface area contributed by atoms with Crippen molar-refractivity contribution in [3.05, 3.63) is 35.5 Å². The van der Waals surface area contributed by atoms with E-state index in [1.807, 2.05) is 18.2 Å². The van der Waals surface area contributed by atoms with Gasteiger partial charge in [-0.25, -0.2) is 0 Å². The van der Waals surface area contributed by atoms with E-state index in [4.69, 9.17) is 14.0 Å². The SMILES string of the molecule is CCCNCc1nc(Cc2ccc(OC)c(OC)c2)no1. The molecule has 0 aliphatic heterocycles. The Morgan fingerprint density at radius 3 is 2.71 bits per heavy atom. The average molecular weight is 291 g/mol. The number of ether oxygens (including phenoxy) is 2. The van der Waals surface area contributed by atoms with Gasteiger partial charge in [-0.15, -0.1) is 0 Å². The Labute approximate surface area is 124 Å². The van der Waals surface area contributed by atoms with Gasteiger partial charge in [-0.2, -0.15) is 4.98 Å². The lowest BCUT2D eigenvalue weighted by molar-refractivity contribution is 0.354. The number of nitrogens with zero attached hydrogens (tertiary/aromatic N) is 2. The third kappa shape index (κ3) is 4.19. The van der Waals surface area contributed by atoms with Gasteiger partial charge in [0.2, 0.25) is 5.89 Å². The maximum absolute atomic E-state index is 5.29. The molecule has 0 radical (unpaired) electrons. The van der Waals surface area contributed by atoms with E-state index in [2.05, 4.69) is 22.4 Å². The van der Waals surface area contributed by atoms with Crippen LogP contribution in [0.15, 0.2) is 22.7 Å². The number of benzene rings is 1. The fourth-order valence-electron chi connectivity index (χ4n) is 1.98. The summed E-state index contributed by atoms with van der Waals surface area (Å²) in [4.78, 5) is 4.36. The van der Waals surface area contributed by atoms with Gasteiger partial charge in [0.1, 0.15) is 0 Å². The molecule has 0 atom stereocenters. The molecule has 1 aromatic heterocycles. The summed E-state index contributed by atoms with van der Waals surface area (Å²) in [5, 5.41) is 7.22. The van der Waals surface area contributed by atoms with Crippen LogP contribution in [0.3, 0.4) is 0 Å². The molecular weight excluding hydrogens is 270 g/mol. The molecule has 114 valence electrons. The van der Waals surface area contributed by atoms with E-state index in [0.29, 0.717) is 36.2 Å².